The Balaban J connectivity index is 1.41. The summed E-state index contributed by atoms with van der Waals surface area (Å²) in [6, 6.07) is 0. The van der Waals surface area contributed by atoms with Crippen molar-refractivity contribution in [1.29, 1.82) is 0 Å². The number of rotatable bonds is 7. The van der Waals surface area contributed by atoms with E-state index in [1.807, 2.05) is 0 Å². The predicted octanol–water partition coefficient (Wildman–Crippen LogP) is -1.51. The van der Waals surface area contributed by atoms with E-state index < -0.39 is 39.6 Å². The van der Waals surface area contributed by atoms with Crippen LogP contribution in [0.25, 0.3) is 0 Å². The molecule has 0 aromatic heterocycles. The molecule has 3 aliphatic rings. The molecule has 128 valence electrons. The van der Waals surface area contributed by atoms with Crippen LogP contribution in [0.2, 0.25) is 0 Å². The van der Waals surface area contributed by atoms with Crippen LogP contribution < -0.4 is 5.32 Å². The molecular formula is C13H17NO8S. The number of hydrogen-bond donors (Lipinski definition) is 1. The molecule has 3 heterocycles. The second-order valence-electron chi connectivity index (χ2n) is 5.46. The summed E-state index contributed by atoms with van der Waals surface area (Å²) in [5.41, 5.74) is 0. The highest BCUT2D eigenvalue weighted by atomic mass is 32.2. The molecule has 1 amide bonds. The van der Waals surface area contributed by atoms with E-state index in [-0.39, 0.29) is 31.8 Å². The largest absolute Gasteiger partial charge is 0.462 e. The van der Waals surface area contributed by atoms with Crippen molar-refractivity contribution in [2.24, 2.45) is 0 Å². The van der Waals surface area contributed by atoms with Gasteiger partial charge >= 0.3 is 5.97 Å². The highest BCUT2D eigenvalue weighted by Gasteiger charge is 2.66. The summed E-state index contributed by atoms with van der Waals surface area (Å²) >= 11 is 0. The molecular weight excluding hydrogens is 330 g/mol. The Morgan fingerprint density at radius 2 is 2.13 bits per heavy atom. The van der Waals surface area contributed by atoms with E-state index in [1.165, 1.54) is 0 Å². The van der Waals surface area contributed by atoms with E-state index in [4.69, 9.17) is 18.4 Å². The van der Waals surface area contributed by atoms with Crippen molar-refractivity contribution >= 4 is 22.0 Å². The van der Waals surface area contributed by atoms with Gasteiger partial charge in [-0.1, -0.05) is 6.58 Å². The molecule has 0 aromatic carbocycles. The van der Waals surface area contributed by atoms with Crippen molar-refractivity contribution in [2.45, 2.75) is 36.1 Å². The van der Waals surface area contributed by atoms with Crippen molar-refractivity contribution in [2.75, 3.05) is 19.8 Å². The summed E-state index contributed by atoms with van der Waals surface area (Å²) < 4.78 is 44.3. The van der Waals surface area contributed by atoms with Gasteiger partial charge in [0.25, 0.3) is 10.1 Å². The molecule has 3 fully saturated rings. The first-order chi connectivity index (χ1) is 10.9. The third-order valence-electron chi connectivity index (χ3n) is 4.04. The maximum absolute atomic E-state index is 11.7. The van der Waals surface area contributed by atoms with Crippen LogP contribution in [0.1, 0.15) is 6.42 Å². The molecule has 3 rings (SSSR count). The molecule has 0 aliphatic carbocycles. The van der Waals surface area contributed by atoms with E-state index in [1.54, 1.807) is 0 Å². The Morgan fingerprint density at radius 1 is 1.35 bits per heavy atom. The zero-order chi connectivity index (χ0) is 16.6. The molecule has 0 saturated carbocycles. The van der Waals surface area contributed by atoms with Gasteiger partial charge in [0, 0.05) is 0 Å². The second kappa shape index (κ2) is 6.19. The summed E-state index contributed by atoms with van der Waals surface area (Å²) in [7, 11) is -3.60. The minimum atomic E-state index is -3.60. The zero-order valence-corrected chi connectivity index (χ0v) is 13.0. The maximum Gasteiger partial charge on any atom is 0.332 e. The normalized spacial score (nSPS) is 35.9. The van der Waals surface area contributed by atoms with Gasteiger partial charge < -0.3 is 19.5 Å². The van der Waals surface area contributed by atoms with Crippen LogP contribution in [0.15, 0.2) is 12.7 Å². The number of esters is 1. The zero-order valence-electron chi connectivity index (χ0n) is 12.2. The first-order valence-electron chi connectivity index (χ1n) is 7.17. The van der Waals surface area contributed by atoms with Gasteiger partial charge in [0.05, 0.1) is 12.6 Å². The summed E-state index contributed by atoms with van der Waals surface area (Å²) in [5.74, 6) is -0.969. The number of nitrogens with one attached hydrogen (secondary N) is 1. The molecule has 0 radical (unpaired) electrons. The van der Waals surface area contributed by atoms with Gasteiger partial charge in [-0.2, -0.15) is 8.42 Å². The van der Waals surface area contributed by atoms with E-state index in [0.717, 1.165) is 6.08 Å². The van der Waals surface area contributed by atoms with Crippen molar-refractivity contribution in [3.63, 3.8) is 0 Å². The summed E-state index contributed by atoms with van der Waals surface area (Å²) in [6.07, 6.45) is -0.753. The van der Waals surface area contributed by atoms with Gasteiger partial charge in [0.15, 0.2) is 0 Å². The molecule has 10 heteroatoms. The Morgan fingerprint density at radius 3 is 2.87 bits per heavy atom. The maximum atomic E-state index is 11.7. The number of carbonyl (C=O) groups is 2. The smallest absolute Gasteiger partial charge is 0.332 e. The van der Waals surface area contributed by atoms with Crippen LogP contribution in [0, 0.1) is 0 Å². The molecule has 3 aliphatic heterocycles. The fourth-order valence-corrected chi connectivity index (χ4v) is 4.69. The highest BCUT2D eigenvalue weighted by molar-refractivity contribution is 7.87. The monoisotopic (exact) mass is 347 g/mol. The highest BCUT2D eigenvalue weighted by Crippen LogP contribution is 2.47. The van der Waals surface area contributed by atoms with Gasteiger partial charge in [0.2, 0.25) is 5.91 Å². The average Bonchev–Trinajstić information content (AvgIpc) is 3.12. The molecule has 1 N–H and O–H groups in total. The van der Waals surface area contributed by atoms with Gasteiger partial charge in [0.1, 0.15) is 36.8 Å². The van der Waals surface area contributed by atoms with Crippen LogP contribution >= 0.6 is 0 Å². The van der Waals surface area contributed by atoms with E-state index >= 15 is 0 Å². The molecule has 2 bridgehead atoms. The average molecular weight is 347 g/mol. The third kappa shape index (κ3) is 3.11. The lowest BCUT2D eigenvalue weighted by atomic mass is 9.94. The minimum Gasteiger partial charge on any atom is -0.462 e. The Bertz CT molecular complexity index is 617. The number of fused-ring (bicyclic) bond motifs is 1. The quantitative estimate of drug-likeness (QED) is 0.255. The number of hydrogen-bond acceptors (Lipinski definition) is 8. The standard InChI is InChI=1S/C13H17NO8S/c1-2-9(15)14-3-4-19-10(16)6-20-11-7-5-8-12(21-7)13(11)22-23(8,17)18/h2,7-8,11-13H,1,3-6H2,(H,14,15). The topological polar surface area (TPSA) is 117 Å². The molecule has 9 nitrogen and oxygen atoms in total. The van der Waals surface area contributed by atoms with Crippen molar-refractivity contribution in [3.05, 3.63) is 12.7 Å². The lowest BCUT2D eigenvalue weighted by Gasteiger charge is -2.21. The summed E-state index contributed by atoms with van der Waals surface area (Å²) in [6.45, 7) is 3.12. The lowest BCUT2D eigenvalue weighted by molar-refractivity contribution is -0.153. The van der Waals surface area contributed by atoms with E-state index in [2.05, 4.69) is 11.9 Å². The fourth-order valence-electron chi connectivity index (χ4n) is 3.04. The van der Waals surface area contributed by atoms with Crippen LogP contribution in [0.4, 0.5) is 0 Å². The van der Waals surface area contributed by atoms with Crippen molar-refractivity contribution in [3.8, 4) is 0 Å². The fraction of sp³-hybridized carbons (Fsp3) is 0.692. The Hall–Kier alpha value is -1.49. The van der Waals surface area contributed by atoms with Crippen molar-refractivity contribution in [1.82, 2.24) is 5.32 Å². The minimum absolute atomic E-state index is 0.00533. The molecule has 5 atom stereocenters. The van der Waals surface area contributed by atoms with Gasteiger partial charge in [-0.3, -0.25) is 8.98 Å². The molecule has 0 aromatic rings. The van der Waals surface area contributed by atoms with Crippen LogP contribution in [-0.2, 0) is 38.1 Å². The van der Waals surface area contributed by atoms with Crippen molar-refractivity contribution < 1.29 is 36.4 Å². The summed E-state index contributed by atoms with van der Waals surface area (Å²) in [4.78, 5) is 22.5. The SMILES string of the molecule is C=CC(=O)NCCOC(=O)COC1C2CC3C(O2)C1OS3(=O)=O. The second-order valence-corrected chi connectivity index (χ2v) is 7.24. The Labute approximate surface area is 133 Å². The summed E-state index contributed by atoms with van der Waals surface area (Å²) in [5, 5.41) is 1.83. The molecule has 5 unspecified atom stereocenters. The molecule has 3 saturated heterocycles. The van der Waals surface area contributed by atoms with Gasteiger partial charge in [-0.05, 0) is 12.5 Å². The first kappa shape index (κ1) is 16.4. The van der Waals surface area contributed by atoms with Gasteiger partial charge in [-0.25, -0.2) is 4.79 Å². The van der Waals surface area contributed by atoms with Crippen LogP contribution in [0.3, 0.4) is 0 Å². The van der Waals surface area contributed by atoms with E-state index in [9.17, 15) is 18.0 Å². The van der Waals surface area contributed by atoms with Gasteiger partial charge in [-0.15, -0.1) is 0 Å². The van der Waals surface area contributed by atoms with E-state index in [0.29, 0.717) is 6.42 Å². The third-order valence-corrected chi connectivity index (χ3v) is 5.73. The molecule has 0 spiro atoms. The van der Waals surface area contributed by atoms with Crippen LogP contribution in [-0.4, -0.2) is 69.7 Å². The number of carbonyl (C=O) groups excluding carboxylic acids is 2. The predicted molar refractivity (Wildman–Crippen MR) is 74.8 cm³/mol. The Kier molecular flexibility index (Phi) is 4.41. The lowest BCUT2D eigenvalue weighted by Crippen LogP contribution is -2.41. The first-order valence-corrected chi connectivity index (χ1v) is 8.64. The molecule has 23 heavy (non-hydrogen) atoms. The number of amides is 1. The number of ether oxygens (including phenoxy) is 3. The van der Waals surface area contributed by atoms with Crippen LogP contribution in [0.5, 0.6) is 0 Å².